The van der Waals surface area contributed by atoms with Gasteiger partial charge in [-0.25, -0.2) is 0 Å². The molecule has 6 atom stereocenters. The van der Waals surface area contributed by atoms with Crippen LogP contribution >= 0.6 is 30.4 Å². The molecule has 1 N–H and O–H groups in total. The Balaban J connectivity index is 1.40. The monoisotopic (exact) mass is 498 g/mol. The molecule has 4 aliphatic carbocycles. The van der Waals surface area contributed by atoms with Crippen LogP contribution in [0.3, 0.4) is 0 Å². The van der Waals surface area contributed by atoms with E-state index in [0.717, 1.165) is 30.8 Å². The number of nitrogens with one attached hydrogen (secondary N) is 1. The predicted molar refractivity (Wildman–Crippen MR) is 121 cm³/mol. The maximum absolute atomic E-state index is 5.91. The molecule has 27 heavy (non-hydrogen) atoms. The van der Waals surface area contributed by atoms with Gasteiger partial charge in [0.15, 0.2) is 0 Å². The summed E-state index contributed by atoms with van der Waals surface area (Å²) in [7, 11) is 1.51. The first kappa shape index (κ1) is 18.9. The lowest BCUT2D eigenvalue weighted by Crippen LogP contribution is -2.50. The second-order valence-electron chi connectivity index (χ2n) is 9.71. The van der Waals surface area contributed by atoms with Gasteiger partial charge < -0.3 is 14.4 Å². The summed E-state index contributed by atoms with van der Waals surface area (Å²) in [6.07, 6.45) is 18.9. The molecule has 2 saturated carbocycles. The van der Waals surface area contributed by atoms with Crippen molar-refractivity contribution in [1.29, 1.82) is 0 Å². The summed E-state index contributed by atoms with van der Waals surface area (Å²) >= 11 is 2.26. The number of rotatable bonds is 3. The van der Waals surface area contributed by atoms with Crippen LogP contribution in [-0.2, 0) is 4.18 Å². The van der Waals surface area contributed by atoms with E-state index < -0.39 is 0 Å². The molecule has 0 bridgehead atoms. The molecule has 1 aliphatic heterocycles. The zero-order valence-electron chi connectivity index (χ0n) is 16.4. The van der Waals surface area contributed by atoms with Crippen LogP contribution in [0.25, 0.3) is 0 Å². The predicted octanol–water partition coefficient (Wildman–Crippen LogP) is 6.16. The summed E-state index contributed by atoms with van der Waals surface area (Å²) in [5.74, 6) is 2.53. The normalized spacial score (nSPS) is 45.5. The Morgan fingerprint density at radius 1 is 1.15 bits per heavy atom. The molecule has 3 nitrogen and oxygen atoms in total. The van der Waals surface area contributed by atoms with Gasteiger partial charge in [-0.15, -0.1) is 0 Å². The molecule has 0 radical (unpaired) electrons. The third-order valence-electron chi connectivity index (χ3n) is 8.71. The lowest BCUT2D eigenvalue weighted by Gasteiger charge is -2.58. The van der Waals surface area contributed by atoms with Crippen molar-refractivity contribution in [3.05, 3.63) is 35.8 Å². The smallest absolute Gasteiger partial charge is 0.0913 e. The van der Waals surface area contributed by atoms with Crippen molar-refractivity contribution in [2.75, 3.05) is 6.67 Å². The molecular weight excluding hydrogens is 467 g/mol. The number of nitrogens with zero attached hydrogens (tertiary/aromatic N) is 1. The zero-order valence-corrected chi connectivity index (χ0v) is 19.4. The standard InChI is InChI=1S/C22H31IN2OS/c1-21-9-7-16(26-27-23)13-15(21)3-4-17-18-5-6-20(25-12-11-24-14-25)22(18,2)10-8-19(17)21/h3,6,11-12,16-19,24H,4-5,7-10,13-14H2,1-2H3/t16?,17?,18?,19-,21?,22?/m0/s1. The van der Waals surface area contributed by atoms with E-state index in [0.29, 0.717) is 16.9 Å². The van der Waals surface area contributed by atoms with Gasteiger partial charge in [0, 0.05) is 44.7 Å². The molecule has 0 amide bonds. The van der Waals surface area contributed by atoms with Crippen LogP contribution < -0.4 is 5.32 Å². The molecule has 1 heterocycles. The molecule has 0 aromatic heterocycles. The second-order valence-corrected chi connectivity index (χ2v) is 11.1. The van der Waals surface area contributed by atoms with Crippen LogP contribution in [0.4, 0.5) is 0 Å². The molecule has 0 aromatic rings. The van der Waals surface area contributed by atoms with Crippen molar-refractivity contribution in [2.24, 2.45) is 28.6 Å². The van der Waals surface area contributed by atoms with Gasteiger partial charge in [0.05, 0.1) is 22.0 Å². The molecule has 0 spiro atoms. The van der Waals surface area contributed by atoms with Crippen LogP contribution in [0.15, 0.2) is 35.8 Å². The molecular formula is C22H31IN2OS. The number of hydrogen-bond acceptors (Lipinski definition) is 4. The Hall–Kier alpha value is -0.140. The highest BCUT2D eigenvalue weighted by molar-refractivity contribution is 14.2. The fraction of sp³-hybridized carbons (Fsp3) is 0.727. The van der Waals surface area contributed by atoms with Crippen LogP contribution in [0.2, 0.25) is 0 Å². The van der Waals surface area contributed by atoms with Gasteiger partial charge in [-0.1, -0.05) is 31.6 Å². The van der Waals surface area contributed by atoms with Crippen LogP contribution in [0.1, 0.15) is 58.8 Å². The lowest BCUT2D eigenvalue weighted by atomic mass is 9.47. The Morgan fingerprint density at radius 3 is 2.78 bits per heavy atom. The van der Waals surface area contributed by atoms with E-state index in [1.165, 1.54) is 47.7 Å². The highest BCUT2D eigenvalue weighted by Gasteiger charge is 2.57. The Morgan fingerprint density at radius 2 is 2.00 bits per heavy atom. The Kier molecular flexibility index (Phi) is 4.87. The molecule has 5 rings (SSSR count). The SMILES string of the molecule is CC12CC[C@H]3C(CC=C4CC(OSI)CCC43C)C1CC=C2N1C=CNC1. The fourth-order valence-electron chi connectivity index (χ4n) is 7.26. The molecule has 148 valence electrons. The van der Waals surface area contributed by atoms with E-state index in [-0.39, 0.29) is 0 Å². The van der Waals surface area contributed by atoms with E-state index in [2.05, 4.69) is 69.8 Å². The second kappa shape index (κ2) is 6.98. The minimum Gasteiger partial charge on any atom is -0.372 e. The Bertz CT molecular complexity index is 706. The van der Waals surface area contributed by atoms with Crippen LogP contribution in [-0.4, -0.2) is 17.7 Å². The van der Waals surface area contributed by atoms with Crippen molar-refractivity contribution in [3.8, 4) is 0 Å². The topological polar surface area (TPSA) is 24.5 Å². The average Bonchev–Trinajstić information content (AvgIpc) is 3.29. The van der Waals surface area contributed by atoms with E-state index in [9.17, 15) is 0 Å². The summed E-state index contributed by atoms with van der Waals surface area (Å²) in [6.45, 7) is 6.09. The molecule has 5 unspecified atom stereocenters. The van der Waals surface area contributed by atoms with Gasteiger partial charge in [0.25, 0.3) is 0 Å². The summed E-state index contributed by atoms with van der Waals surface area (Å²) in [5, 5.41) is 3.36. The minimum atomic E-state index is 0.359. The van der Waals surface area contributed by atoms with Gasteiger partial charge >= 0.3 is 0 Å². The largest absolute Gasteiger partial charge is 0.372 e. The first-order valence-electron chi connectivity index (χ1n) is 10.6. The van der Waals surface area contributed by atoms with Crippen LogP contribution in [0, 0.1) is 28.6 Å². The summed E-state index contributed by atoms with van der Waals surface area (Å²) < 4.78 is 5.91. The first-order chi connectivity index (χ1) is 13.1. The number of hydrogen-bond donors (Lipinski definition) is 1. The Labute approximate surface area is 180 Å². The minimum absolute atomic E-state index is 0.359. The van der Waals surface area contributed by atoms with Crippen molar-refractivity contribution >= 4 is 30.4 Å². The van der Waals surface area contributed by atoms with E-state index in [1.807, 2.05) is 0 Å². The quantitative estimate of drug-likeness (QED) is 0.286. The van der Waals surface area contributed by atoms with Crippen molar-refractivity contribution < 1.29 is 4.18 Å². The number of allylic oxidation sites excluding steroid dienone is 3. The van der Waals surface area contributed by atoms with Crippen molar-refractivity contribution in [3.63, 3.8) is 0 Å². The molecule has 0 aromatic carbocycles. The molecule has 5 heteroatoms. The van der Waals surface area contributed by atoms with Crippen molar-refractivity contribution in [1.82, 2.24) is 10.2 Å². The van der Waals surface area contributed by atoms with Crippen molar-refractivity contribution in [2.45, 2.75) is 64.9 Å². The van der Waals surface area contributed by atoms with Gasteiger partial charge in [-0.05, 0) is 68.1 Å². The van der Waals surface area contributed by atoms with E-state index >= 15 is 0 Å². The average molecular weight is 498 g/mol. The first-order valence-corrected chi connectivity index (χ1v) is 13.9. The third kappa shape index (κ3) is 2.85. The molecule has 2 fully saturated rings. The maximum atomic E-state index is 5.91. The lowest BCUT2D eigenvalue weighted by molar-refractivity contribution is -0.0308. The molecule has 5 aliphatic rings. The maximum Gasteiger partial charge on any atom is 0.0913 e. The van der Waals surface area contributed by atoms with Gasteiger partial charge in [0.1, 0.15) is 0 Å². The van der Waals surface area contributed by atoms with Gasteiger partial charge in [-0.3, -0.25) is 0 Å². The number of fused-ring (bicyclic) bond motifs is 5. The van der Waals surface area contributed by atoms with E-state index in [4.69, 9.17) is 4.18 Å². The molecule has 0 saturated heterocycles. The number of halogens is 1. The van der Waals surface area contributed by atoms with Gasteiger partial charge in [-0.2, -0.15) is 0 Å². The third-order valence-corrected chi connectivity index (χ3v) is 9.68. The van der Waals surface area contributed by atoms with Gasteiger partial charge in [0.2, 0.25) is 0 Å². The summed E-state index contributed by atoms with van der Waals surface area (Å²) in [4.78, 5) is 2.45. The zero-order chi connectivity index (χ0) is 18.6. The summed E-state index contributed by atoms with van der Waals surface area (Å²) in [5.41, 5.74) is 4.07. The highest BCUT2D eigenvalue weighted by Crippen LogP contribution is 2.65. The summed E-state index contributed by atoms with van der Waals surface area (Å²) in [6, 6.07) is 0. The van der Waals surface area contributed by atoms with Crippen LogP contribution in [0.5, 0.6) is 0 Å². The van der Waals surface area contributed by atoms with E-state index in [1.54, 1.807) is 11.3 Å². The highest BCUT2D eigenvalue weighted by atomic mass is 127. The fourth-order valence-corrected chi connectivity index (χ4v) is 8.41.